The third-order valence-corrected chi connectivity index (χ3v) is 5.68. The number of halogens is 1. The summed E-state index contributed by atoms with van der Waals surface area (Å²) in [4.78, 5) is 4.81. The third kappa shape index (κ3) is 5.43. The normalized spacial score (nSPS) is 11.6. The van der Waals surface area contributed by atoms with Crippen LogP contribution in [0.1, 0.15) is 38.6 Å². The van der Waals surface area contributed by atoms with Crippen molar-refractivity contribution in [3.05, 3.63) is 89.2 Å². The zero-order chi connectivity index (χ0) is 22.6. The van der Waals surface area contributed by atoms with E-state index in [4.69, 9.17) is 26.1 Å². The van der Waals surface area contributed by atoms with Gasteiger partial charge in [0.2, 0.25) is 0 Å². The van der Waals surface area contributed by atoms with Gasteiger partial charge in [0.1, 0.15) is 23.9 Å². The van der Waals surface area contributed by atoms with Gasteiger partial charge in [0.15, 0.2) is 0 Å². The lowest BCUT2D eigenvalue weighted by atomic mass is 9.87. The number of rotatable bonds is 8. The van der Waals surface area contributed by atoms with Gasteiger partial charge < -0.3 is 14.0 Å². The molecule has 0 aliphatic carbocycles. The van der Waals surface area contributed by atoms with Crippen LogP contribution in [0.15, 0.2) is 72.8 Å². The minimum absolute atomic E-state index is 0.126. The van der Waals surface area contributed by atoms with Crippen molar-refractivity contribution < 1.29 is 9.47 Å². The molecular weight excluding hydrogens is 420 g/mol. The molecule has 1 aromatic heterocycles. The fourth-order valence-electron chi connectivity index (χ4n) is 3.63. The summed E-state index contributed by atoms with van der Waals surface area (Å²) in [6.45, 7) is 8.46. The molecular formula is C27H29ClN2O2. The van der Waals surface area contributed by atoms with E-state index < -0.39 is 0 Å². The Morgan fingerprint density at radius 3 is 2.22 bits per heavy atom. The zero-order valence-corrected chi connectivity index (χ0v) is 19.6. The SMILES string of the molecule is CC(C)(C)c1ccc(OCc2nc3ccccc3n2CCCOc2ccc(Cl)cc2)cc1. The van der Waals surface area contributed by atoms with Gasteiger partial charge in [0.25, 0.3) is 0 Å². The molecule has 0 aliphatic rings. The Morgan fingerprint density at radius 2 is 1.50 bits per heavy atom. The summed E-state index contributed by atoms with van der Waals surface area (Å²) < 4.78 is 14.2. The first kappa shape index (κ1) is 22.2. The molecule has 5 heteroatoms. The molecule has 0 bridgehead atoms. The summed E-state index contributed by atoms with van der Waals surface area (Å²) in [6, 6.07) is 24.0. The van der Waals surface area contributed by atoms with Crippen molar-refractivity contribution in [1.82, 2.24) is 9.55 Å². The second-order valence-corrected chi connectivity index (χ2v) is 9.32. The summed E-state index contributed by atoms with van der Waals surface area (Å²) in [5, 5.41) is 0.708. The van der Waals surface area contributed by atoms with Gasteiger partial charge in [-0.2, -0.15) is 0 Å². The van der Waals surface area contributed by atoms with Gasteiger partial charge in [-0.25, -0.2) is 4.98 Å². The molecule has 3 aromatic carbocycles. The molecule has 166 valence electrons. The molecule has 0 N–H and O–H groups in total. The van der Waals surface area contributed by atoms with Crippen LogP contribution in [-0.2, 0) is 18.6 Å². The van der Waals surface area contributed by atoms with Gasteiger partial charge in [0, 0.05) is 11.6 Å². The molecule has 0 atom stereocenters. The summed E-state index contributed by atoms with van der Waals surface area (Å²) in [6.07, 6.45) is 0.857. The highest BCUT2D eigenvalue weighted by Crippen LogP contribution is 2.25. The van der Waals surface area contributed by atoms with Crippen molar-refractivity contribution in [3.63, 3.8) is 0 Å². The van der Waals surface area contributed by atoms with Gasteiger partial charge in [-0.3, -0.25) is 0 Å². The standard InChI is InChI=1S/C27H29ClN2O2/c1-27(2,3)20-9-13-23(14-10-20)32-19-26-29-24-7-4-5-8-25(24)30(26)17-6-18-31-22-15-11-21(28)12-16-22/h4-5,7-16H,6,17-19H2,1-3H3. The van der Waals surface area contributed by atoms with E-state index in [1.807, 2.05) is 54.6 Å². The van der Waals surface area contributed by atoms with E-state index in [-0.39, 0.29) is 5.41 Å². The molecule has 0 aliphatic heterocycles. The van der Waals surface area contributed by atoms with Crippen LogP contribution < -0.4 is 9.47 Å². The number of benzene rings is 3. The van der Waals surface area contributed by atoms with E-state index in [1.165, 1.54) is 5.56 Å². The van der Waals surface area contributed by atoms with Gasteiger partial charge in [0.05, 0.1) is 17.6 Å². The van der Waals surface area contributed by atoms with Crippen LogP contribution in [0.25, 0.3) is 11.0 Å². The number of nitrogens with zero attached hydrogens (tertiary/aromatic N) is 2. The quantitative estimate of drug-likeness (QED) is 0.271. The van der Waals surface area contributed by atoms with Gasteiger partial charge in [-0.05, 0) is 65.9 Å². The van der Waals surface area contributed by atoms with Crippen molar-refractivity contribution in [2.24, 2.45) is 0 Å². The van der Waals surface area contributed by atoms with Crippen LogP contribution in [0.5, 0.6) is 11.5 Å². The van der Waals surface area contributed by atoms with Crippen molar-refractivity contribution >= 4 is 22.6 Å². The fourth-order valence-corrected chi connectivity index (χ4v) is 3.75. The van der Waals surface area contributed by atoms with Gasteiger partial charge in [-0.15, -0.1) is 0 Å². The number of aryl methyl sites for hydroxylation is 1. The number of fused-ring (bicyclic) bond motifs is 1. The highest BCUT2D eigenvalue weighted by atomic mass is 35.5. The summed E-state index contributed by atoms with van der Waals surface area (Å²) >= 11 is 5.94. The van der Waals surface area contributed by atoms with Crippen LogP contribution in [0.4, 0.5) is 0 Å². The minimum atomic E-state index is 0.126. The summed E-state index contributed by atoms with van der Waals surface area (Å²) in [5.74, 6) is 2.59. The average Bonchev–Trinajstić information content (AvgIpc) is 3.14. The minimum Gasteiger partial charge on any atom is -0.494 e. The van der Waals surface area contributed by atoms with Crippen LogP contribution >= 0.6 is 11.6 Å². The number of para-hydroxylation sites is 2. The molecule has 1 heterocycles. The molecule has 4 rings (SSSR count). The maximum atomic E-state index is 6.09. The van der Waals surface area contributed by atoms with Gasteiger partial charge >= 0.3 is 0 Å². The van der Waals surface area contributed by atoms with Crippen LogP contribution in [0, 0.1) is 0 Å². The maximum absolute atomic E-state index is 6.09. The molecule has 4 nitrogen and oxygen atoms in total. The topological polar surface area (TPSA) is 36.3 Å². The zero-order valence-electron chi connectivity index (χ0n) is 18.8. The number of hydrogen-bond acceptors (Lipinski definition) is 3. The van der Waals surface area contributed by atoms with Crippen molar-refractivity contribution in [2.75, 3.05) is 6.61 Å². The Kier molecular flexibility index (Phi) is 6.71. The predicted octanol–water partition coefficient (Wildman–Crippen LogP) is 7.04. The first-order valence-corrected chi connectivity index (χ1v) is 11.3. The Hall–Kier alpha value is -2.98. The number of imidazole rings is 1. The second-order valence-electron chi connectivity index (χ2n) is 8.89. The van der Waals surface area contributed by atoms with Crippen molar-refractivity contribution in [1.29, 1.82) is 0 Å². The molecule has 0 unspecified atom stereocenters. The predicted molar refractivity (Wildman–Crippen MR) is 131 cm³/mol. The molecule has 0 saturated carbocycles. The number of ether oxygens (including phenoxy) is 2. The molecule has 0 fully saturated rings. The maximum Gasteiger partial charge on any atom is 0.147 e. The fraction of sp³-hybridized carbons (Fsp3) is 0.296. The first-order chi connectivity index (χ1) is 15.4. The molecule has 0 radical (unpaired) electrons. The number of aromatic nitrogens is 2. The van der Waals surface area contributed by atoms with Crippen molar-refractivity contribution in [2.45, 2.75) is 45.8 Å². The lowest BCUT2D eigenvalue weighted by molar-refractivity contribution is 0.280. The average molecular weight is 449 g/mol. The summed E-state index contributed by atoms with van der Waals surface area (Å²) in [7, 11) is 0. The summed E-state index contributed by atoms with van der Waals surface area (Å²) in [5.41, 5.74) is 3.51. The van der Waals surface area contributed by atoms with E-state index in [9.17, 15) is 0 Å². The van der Waals surface area contributed by atoms with Crippen LogP contribution in [-0.4, -0.2) is 16.2 Å². The lowest BCUT2D eigenvalue weighted by Crippen LogP contribution is -2.11. The highest BCUT2D eigenvalue weighted by molar-refractivity contribution is 6.30. The van der Waals surface area contributed by atoms with E-state index in [1.54, 1.807) is 0 Å². The largest absolute Gasteiger partial charge is 0.494 e. The lowest BCUT2D eigenvalue weighted by Gasteiger charge is -2.19. The first-order valence-electron chi connectivity index (χ1n) is 11.0. The number of hydrogen-bond donors (Lipinski definition) is 0. The van der Waals surface area contributed by atoms with Gasteiger partial charge in [-0.1, -0.05) is 56.6 Å². The highest BCUT2D eigenvalue weighted by Gasteiger charge is 2.14. The molecule has 32 heavy (non-hydrogen) atoms. The molecule has 0 saturated heterocycles. The monoisotopic (exact) mass is 448 g/mol. The van der Waals surface area contributed by atoms with E-state index in [0.29, 0.717) is 18.2 Å². The Morgan fingerprint density at radius 1 is 0.844 bits per heavy atom. The van der Waals surface area contributed by atoms with Crippen LogP contribution in [0.3, 0.4) is 0 Å². The third-order valence-electron chi connectivity index (χ3n) is 5.43. The smallest absolute Gasteiger partial charge is 0.147 e. The van der Waals surface area contributed by atoms with Crippen molar-refractivity contribution in [3.8, 4) is 11.5 Å². The molecule has 0 amide bonds. The Labute approximate surface area is 194 Å². The van der Waals surface area contributed by atoms with E-state index >= 15 is 0 Å². The Bertz CT molecular complexity index is 1160. The van der Waals surface area contributed by atoms with E-state index in [2.05, 4.69) is 43.5 Å². The van der Waals surface area contributed by atoms with Crippen LogP contribution in [0.2, 0.25) is 5.02 Å². The van der Waals surface area contributed by atoms with E-state index in [0.717, 1.165) is 41.3 Å². The Balaban J connectivity index is 1.42. The molecule has 4 aromatic rings. The second kappa shape index (κ2) is 9.66. The molecule has 0 spiro atoms.